The van der Waals surface area contributed by atoms with Gasteiger partial charge in [-0.15, -0.1) is 0 Å². The average Bonchev–Trinajstić information content (AvgIpc) is 2.35. The molecule has 2 rings (SSSR count). The van der Waals surface area contributed by atoms with Crippen LogP contribution in [0.15, 0.2) is 24.3 Å². The van der Waals surface area contributed by atoms with E-state index in [4.69, 9.17) is 0 Å². The molecule has 1 aliphatic rings. The summed E-state index contributed by atoms with van der Waals surface area (Å²) in [7, 11) is 0. The molecule has 0 fully saturated rings. The van der Waals surface area contributed by atoms with E-state index < -0.39 is 24.6 Å². The predicted molar refractivity (Wildman–Crippen MR) is 69.2 cm³/mol. The lowest BCUT2D eigenvalue weighted by Crippen LogP contribution is -2.43. The fraction of sp³-hybridized carbons (Fsp3) is 0.500. The number of nitrogens with one attached hydrogen (secondary N) is 2. The van der Waals surface area contributed by atoms with Crippen molar-refractivity contribution in [3.05, 3.63) is 35.4 Å². The van der Waals surface area contributed by atoms with Gasteiger partial charge in [0.05, 0.1) is 12.3 Å². The molecule has 1 heterocycles. The molecule has 6 heteroatoms. The smallest absolute Gasteiger partial charge is 0.353 e. The minimum atomic E-state index is -4.27. The standard InChI is InChI=1S/C14H17F3N2O/c1-9(6-14(15,16)17)19-13(20)12-8-18-7-10-4-2-3-5-11(10)12/h2-5,9,12,18H,6-8H2,1H3,(H,19,20). The molecule has 2 atom stereocenters. The van der Waals surface area contributed by atoms with Gasteiger partial charge in [0.15, 0.2) is 0 Å². The van der Waals surface area contributed by atoms with E-state index in [0.29, 0.717) is 13.1 Å². The maximum absolute atomic E-state index is 12.3. The second kappa shape index (κ2) is 5.83. The highest BCUT2D eigenvalue weighted by Gasteiger charge is 2.32. The molecule has 0 saturated carbocycles. The van der Waals surface area contributed by atoms with Gasteiger partial charge in [-0.1, -0.05) is 24.3 Å². The van der Waals surface area contributed by atoms with E-state index in [1.165, 1.54) is 6.92 Å². The molecule has 0 saturated heterocycles. The molecule has 3 nitrogen and oxygen atoms in total. The molecule has 2 N–H and O–H groups in total. The largest absolute Gasteiger partial charge is 0.391 e. The van der Waals surface area contributed by atoms with E-state index >= 15 is 0 Å². The van der Waals surface area contributed by atoms with Crippen LogP contribution < -0.4 is 10.6 Å². The molecule has 1 aromatic carbocycles. The number of alkyl halides is 3. The van der Waals surface area contributed by atoms with Gasteiger partial charge in [0.25, 0.3) is 0 Å². The Morgan fingerprint density at radius 2 is 2.15 bits per heavy atom. The van der Waals surface area contributed by atoms with Gasteiger partial charge in [-0.3, -0.25) is 4.79 Å². The predicted octanol–water partition coefficient (Wildman–Crippen LogP) is 2.33. The molecular weight excluding hydrogens is 269 g/mol. The third-order valence-electron chi connectivity index (χ3n) is 3.34. The molecule has 1 amide bonds. The van der Waals surface area contributed by atoms with E-state index in [9.17, 15) is 18.0 Å². The topological polar surface area (TPSA) is 41.1 Å². The number of carbonyl (C=O) groups is 1. The summed E-state index contributed by atoms with van der Waals surface area (Å²) >= 11 is 0. The van der Waals surface area contributed by atoms with Crippen molar-refractivity contribution in [3.63, 3.8) is 0 Å². The van der Waals surface area contributed by atoms with Gasteiger partial charge in [0, 0.05) is 19.1 Å². The number of fused-ring (bicyclic) bond motifs is 1. The molecule has 110 valence electrons. The monoisotopic (exact) mass is 286 g/mol. The highest BCUT2D eigenvalue weighted by Crippen LogP contribution is 2.25. The van der Waals surface area contributed by atoms with Crippen molar-refractivity contribution in [1.29, 1.82) is 0 Å². The fourth-order valence-corrected chi connectivity index (χ4v) is 2.47. The Morgan fingerprint density at radius 3 is 2.85 bits per heavy atom. The Labute approximate surface area is 115 Å². The third-order valence-corrected chi connectivity index (χ3v) is 3.34. The Morgan fingerprint density at radius 1 is 1.45 bits per heavy atom. The summed E-state index contributed by atoms with van der Waals surface area (Å²) in [6, 6.07) is 6.57. The number of amides is 1. The van der Waals surface area contributed by atoms with Crippen molar-refractivity contribution in [3.8, 4) is 0 Å². The molecule has 2 unspecified atom stereocenters. The van der Waals surface area contributed by atoms with E-state index in [0.717, 1.165) is 11.1 Å². The lowest BCUT2D eigenvalue weighted by Gasteiger charge is -2.27. The van der Waals surface area contributed by atoms with Gasteiger partial charge >= 0.3 is 6.18 Å². The number of hydrogen-bond donors (Lipinski definition) is 2. The summed E-state index contributed by atoms with van der Waals surface area (Å²) in [5.74, 6) is -0.794. The molecule has 0 spiro atoms. The van der Waals surface area contributed by atoms with Crippen LogP contribution in [0.2, 0.25) is 0 Å². The highest BCUT2D eigenvalue weighted by molar-refractivity contribution is 5.84. The fourth-order valence-electron chi connectivity index (χ4n) is 2.47. The number of rotatable bonds is 3. The van der Waals surface area contributed by atoms with Crippen LogP contribution in [-0.2, 0) is 11.3 Å². The molecule has 20 heavy (non-hydrogen) atoms. The van der Waals surface area contributed by atoms with Gasteiger partial charge in [-0.25, -0.2) is 0 Å². The first kappa shape index (κ1) is 14.8. The lowest BCUT2D eigenvalue weighted by molar-refractivity contribution is -0.141. The first-order valence-corrected chi connectivity index (χ1v) is 6.52. The molecule has 0 radical (unpaired) electrons. The SMILES string of the molecule is CC(CC(F)(F)F)NC(=O)C1CNCc2ccccc21. The molecular formula is C14H17F3N2O. The molecule has 0 aliphatic carbocycles. The first-order chi connectivity index (χ1) is 9.37. The highest BCUT2D eigenvalue weighted by atomic mass is 19.4. The summed E-state index contributed by atoms with van der Waals surface area (Å²) < 4.78 is 36.8. The van der Waals surface area contributed by atoms with Gasteiger partial charge in [-0.2, -0.15) is 13.2 Å². The Kier molecular flexibility index (Phi) is 4.32. The zero-order chi connectivity index (χ0) is 14.8. The second-order valence-corrected chi connectivity index (χ2v) is 5.11. The Hall–Kier alpha value is -1.56. The van der Waals surface area contributed by atoms with Crippen LogP contribution in [-0.4, -0.2) is 24.7 Å². The Balaban J connectivity index is 2.04. The van der Waals surface area contributed by atoms with Crippen molar-refractivity contribution in [2.75, 3.05) is 6.54 Å². The van der Waals surface area contributed by atoms with E-state index in [-0.39, 0.29) is 5.91 Å². The first-order valence-electron chi connectivity index (χ1n) is 6.52. The van der Waals surface area contributed by atoms with E-state index in [2.05, 4.69) is 10.6 Å². The van der Waals surface area contributed by atoms with Crippen LogP contribution in [0.25, 0.3) is 0 Å². The normalized spacial score (nSPS) is 20.1. The van der Waals surface area contributed by atoms with Crippen LogP contribution in [0.1, 0.15) is 30.4 Å². The zero-order valence-corrected chi connectivity index (χ0v) is 11.1. The maximum Gasteiger partial charge on any atom is 0.391 e. The van der Waals surface area contributed by atoms with Crippen molar-refractivity contribution < 1.29 is 18.0 Å². The Bertz CT molecular complexity index is 488. The number of halogens is 3. The minimum Gasteiger partial charge on any atom is -0.353 e. The van der Waals surface area contributed by atoms with E-state index in [1.54, 1.807) is 0 Å². The van der Waals surface area contributed by atoms with Crippen molar-refractivity contribution in [2.45, 2.75) is 38.0 Å². The zero-order valence-electron chi connectivity index (χ0n) is 11.1. The van der Waals surface area contributed by atoms with Gasteiger partial charge < -0.3 is 10.6 Å². The van der Waals surface area contributed by atoms with Crippen LogP contribution in [0.4, 0.5) is 13.2 Å². The van der Waals surface area contributed by atoms with Crippen LogP contribution >= 0.6 is 0 Å². The molecule has 0 bridgehead atoms. The van der Waals surface area contributed by atoms with E-state index in [1.807, 2.05) is 24.3 Å². The van der Waals surface area contributed by atoms with Gasteiger partial charge in [-0.05, 0) is 18.1 Å². The summed E-state index contributed by atoms with van der Waals surface area (Å²) in [6.45, 7) is 2.49. The van der Waals surface area contributed by atoms with Gasteiger partial charge in [0.2, 0.25) is 5.91 Å². The number of hydrogen-bond acceptors (Lipinski definition) is 2. The van der Waals surface area contributed by atoms with Crippen molar-refractivity contribution in [2.24, 2.45) is 0 Å². The summed E-state index contributed by atoms with van der Waals surface area (Å²) in [4.78, 5) is 12.1. The maximum atomic E-state index is 12.3. The quantitative estimate of drug-likeness (QED) is 0.895. The second-order valence-electron chi connectivity index (χ2n) is 5.11. The van der Waals surface area contributed by atoms with Crippen molar-refractivity contribution >= 4 is 5.91 Å². The summed E-state index contributed by atoms with van der Waals surface area (Å²) in [6.07, 6.45) is -5.28. The minimum absolute atomic E-state index is 0.360. The van der Waals surface area contributed by atoms with Crippen LogP contribution in [0.5, 0.6) is 0 Å². The molecule has 0 aromatic heterocycles. The number of benzene rings is 1. The summed E-state index contributed by atoms with van der Waals surface area (Å²) in [5.41, 5.74) is 1.91. The lowest BCUT2D eigenvalue weighted by atomic mass is 9.90. The summed E-state index contributed by atoms with van der Waals surface area (Å²) in [5, 5.41) is 5.56. The number of carbonyl (C=O) groups excluding carboxylic acids is 1. The van der Waals surface area contributed by atoms with Crippen LogP contribution in [0.3, 0.4) is 0 Å². The van der Waals surface area contributed by atoms with Crippen LogP contribution in [0, 0.1) is 0 Å². The average molecular weight is 286 g/mol. The molecule has 1 aromatic rings. The molecule has 1 aliphatic heterocycles. The van der Waals surface area contributed by atoms with Crippen molar-refractivity contribution in [1.82, 2.24) is 10.6 Å². The van der Waals surface area contributed by atoms with Gasteiger partial charge in [0.1, 0.15) is 0 Å². The third kappa shape index (κ3) is 3.72.